The number of amides is 2. The standard InChI is InChI=1S/C13H19N3O2.ClH/c1-10(7-14)13(18)16(9-12(15)17)8-11-5-3-2-4-6-11;/h2-6,10H,7-9,14H2,1H3,(H2,15,17);1H. The molecular weight excluding hydrogens is 266 g/mol. The van der Waals surface area contributed by atoms with Crippen LogP contribution >= 0.6 is 12.4 Å². The zero-order valence-corrected chi connectivity index (χ0v) is 11.7. The number of nitrogens with zero attached hydrogens (tertiary/aromatic N) is 1. The van der Waals surface area contributed by atoms with Gasteiger partial charge in [-0.3, -0.25) is 9.59 Å². The van der Waals surface area contributed by atoms with Crippen LogP contribution in [-0.2, 0) is 16.1 Å². The largest absolute Gasteiger partial charge is 0.368 e. The Morgan fingerprint density at radius 1 is 1.26 bits per heavy atom. The van der Waals surface area contributed by atoms with Crippen LogP contribution in [0.3, 0.4) is 0 Å². The lowest BCUT2D eigenvalue weighted by atomic mass is 10.1. The van der Waals surface area contributed by atoms with E-state index in [4.69, 9.17) is 11.5 Å². The lowest BCUT2D eigenvalue weighted by molar-refractivity contribution is -0.138. The summed E-state index contributed by atoms with van der Waals surface area (Å²) < 4.78 is 0. The van der Waals surface area contributed by atoms with Gasteiger partial charge in [-0.25, -0.2) is 0 Å². The molecule has 0 heterocycles. The highest BCUT2D eigenvalue weighted by molar-refractivity contribution is 5.85. The van der Waals surface area contributed by atoms with Crippen molar-refractivity contribution in [1.29, 1.82) is 0 Å². The van der Waals surface area contributed by atoms with Gasteiger partial charge in [0, 0.05) is 19.0 Å². The summed E-state index contributed by atoms with van der Waals surface area (Å²) >= 11 is 0. The van der Waals surface area contributed by atoms with Crippen molar-refractivity contribution in [3.63, 3.8) is 0 Å². The Kier molecular flexibility index (Phi) is 7.79. The van der Waals surface area contributed by atoms with Crippen LogP contribution in [0.5, 0.6) is 0 Å². The summed E-state index contributed by atoms with van der Waals surface area (Å²) in [5, 5.41) is 0. The Morgan fingerprint density at radius 3 is 2.32 bits per heavy atom. The summed E-state index contributed by atoms with van der Waals surface area (Å²) in [6.07, 6.45) is 0. The highest BCUT2D eigenvalue weighted by Crippen LogP contribution is 2.08. The van der Waals surface area contributed by atoms with Gasteiger partial charge >= 0.3 is 0 Å². The molecule has 0 aliphatic rings. The fourth-order valence-electron chi connectivity index (χ4n) is 1.62. The average Bonchev–Trinajstić information content (AvgIpc) is 2.37. The maximum atomic E-state index is 12.1. The maximum absolute atomic E-state index is 12.1. The van der Waals surface area contributed by atoms with E-state index in [0.717, 1.165) is 5.56 Å². The molecule has 0 aromatic heterocycles. The molecule has 0 saturated heterocycles. The van der Waals surface area contributed by atoms with E-state index < -0.39 is 5.91 Å². The molecule has 0 radical (unpaired) electrons. The molecule has 1 atom stereocenters. The van der Waals surface area contributed by atoms with Crippen LogP contribution in [0, 0.1) is 5.92 Å². The van der Waals surface area contributed by atoms with Crippen molar-refractivity contribution < 1.29 is 9.59 Å². The van der Waals surface area contributed by atoms with Crippen molar-refractivity contribution in [3.05, 3.63) is 35.9 Å². The Bertz CT molecular complexity index is 412. The monoisotopic (exact) mass is 285 g/mol. The number of hydrogen-bond donors (Lipinski definition) is 2. The van der Waals surface area contributed by atoms with Crippen molar-refractivity contribution in [3.8, 4) is 0 Å². The predicted octanol–water partition coefficient (Wildman–Crippen LogP) is 0.517. The molecular formula is C13H20ClN3O2. The van der Waals surface area contributed by atoms with Crippen molar-refractivity contribution in [2.45, 2.75) is 13.5 Å². The van der Waals surface area contributed by atoms with Gasteiger partial charge in [-0.15, -0.1) is 12.4 Å². The van der Waals surface area contributed by atoms with Crippen molar-refractivity contribution >= 4 is 24.2 Å². The van der Waals surface area contributed by atoms with Crippen LogP contribution in [-0.4, -0.2) is 29.8 Å². The van der Waals surface area contributed by atoms with Gasteiger partial charge in [0.05, 0.1) is 6.54 Å². The summed E-state index contributed by atoms with van der Waals surface area (Å²) in [5.41, 5.74) is 11.6. The molecule has 0 spiro atoms. The van der Waals surface area contributed by atoms with Gasteiger partial charge < -0.3 is 16.4 Å². The summed E-state index contributed by atoms with van der Waals surface area (Å²) in [6.45, 7) is 2.27. The van der Waals surface area contributed by atoms with Crippen LogP contribution in [0.25, 0.3) is 0 Å². The van der Waals surface area contributed by atoms with E-state index in [1.807, 2.05) is 30.3 Å². The SMILES string of the molecule is CC(CN)C(=O)N(CC(N)=O)Cc1ccccc1.Cl. The third-order valence-electron chi connectivity index (χ3n) is 2.65. The third kappa shape index (κ3) is 5.72. The Hall–Kier alpha value is -1.59. The van der Waals surface area contributed by atoms with Crippen LogP contribution in [0.15, 0.2) is 30.3 Å². The maximum Gasteiger partial charge on any atom is 0.237 e. The first-order chi connectivity index (χ1) is 8.54. The number of nitrogens with two attached hydrogens (primary N) is 2. The average molecular weight is 286 g/mol. The summed E-state index contributed by atoms with van der Waals surface area (Å²) in [7, 11) is 0. The molecule has 1 rings (SSSR count). The summed E-state index contributed by atoms with van der Waals surface area (Å²) in [4.78, 5) is 24.5. The lowest BCUT2D eigenvalue weighted by Gasteiger charge is -2.24. The number of rotatable bonds is 6. The van der Waals surface area contributed by atoms with E-state index in [0.29, 0.717) is 6.54 Å². The van der Waals surface area contributed by atoms with Crippen LogP contribution in [0.2, 0.25) is 0 Å². The molecule has 5 nitrogen and oxygen atoms in total. The molecule has 1 aromatic rings. The molecule has 6 heteroatoms. The Labute approximate surface area is 119 Å². The van der Waals surface area contributed by atoms with E-state index in [9.17, 15) is 9.59 Å². The molecule has 106 valence electrons. The number of carbonyl (C=O) groups excluding carboxylic acids is 2. The first kappa shape index (κ1) is 17.4. The number of benzene rings is 1. The fraction of sp³-hybridized carbons (Fsp3) is 0.385. The van der Waals surface area contributed by atoms with Gasteiger partial charge in [0.25, 0.3) is 0 Å². The number of hydrogen-bond acceptors (Lipinski definition) is 3. The van der Waals surface area contributed by atoms with Crippen molar-refractivity contribution in [2.75, 3.05) is 13.1 Å². The number of halogens is 1. The summed E-state index contributed by atoms with van der Waals surface area (Å²) in [6, 6.07) is 9.46. The Balaban J connectivity index is 0.00000324. The van der Waals surface area contributed by atoms with Gasteiger partial charge in [-0.05, 0) is 5.56 Å². The summed E-state index contributed by atoms with van der Waals surface area (Å²) in [5.74, 6) is -0.989. The molecule has 2 amide bonds. The van der Waals surface area contributed by atoms with E-state index in [2.05, 4.69) is 0 Å². The molecule has 1 aromatic carbocycles. The van der Waals surface area contributed by atoms with Crippen molar-refractivity contribution in [1.82, 2.24) is 4.90 Å². The Morgan fingerprint density at radius 2 is 1.84 bits per heavy atom. The minimum absolute atomic E-state index is 0. The quantitative estimate of drug-likeness (QED) is 0.798. The van der Waals surface area contributed by atoms with Gasteiger partial charge in [0.1, 0.15) is 0 Å². The molecule has 0 aliphatic carbocycles. The number of primary amides is 1. The van der Waals surface area contributed by atoms with E-state index >= 15 is 0 Å². The topological polar surface area (TPSA) is 89.4 Å². The smallest absolute Gasteiger partial charge is 0.237 e. The highest BCUT2D eigenvalue weighted by atomic mass is 35.5. The molecule has 1 unspecified atom stereocenters. The fourth-order valence-corrected chi connectivity index (χ4v) is 1.62. The van der Waals surface area contributed by atoms with E-state index in [1.165, 1.54) is 4.90 Å². The van der Waals surface area contributed by atoms with Gasteiger partial charge in [0.15, 0.2) is 0 Å². The number of carbonyl (C=O) groups is 2. The molecule has 19 heavy (non-hydrogen) atoms. The van der Waals surface area contributed by atoms with Gasteiger partial charge in [-0.2, -0.15) is 0 Å². The van der Waals surface area contributed by atoms with E-state index in [-0.39, 0.29) is 37.3 Å². The highest BCUT2D eigenvalue weighted by Gasteiger charge is 2.20. The van der Waals surface area contributed by atoms with Gasteiger partial charge in [-0.1, -0.05) is 37.3 Å². The minimum atomic E-state index is -0.525. The van der Waals surface area contributed by atoms with Crippen LogP contribution in [0.4, 0.5) is 0 Å². The normalized spacial score (nSPS) is 11.3. The molecule has 0 aliphatic heterocycles. The van der Waals surface area contributed by atoms with Crippen LogP contribution in [0.1, 0.15) is 12.5 Å². The molecule has 4 N–H and O–H groups in total. The zero-order chi connectivity index (χ0) is 13.5. The third-order valence-corrected chi connectivity index (χ3v) is 2.65. The van der Waals surface area contributed by atoms with Crippen molar-refractivity contribution in [2.24, 2.45) is 17.4 Å². The molecule has 0 fully saturated rings. The predicted molar refractivity (Wildman–Crippen MR) is 76.5 cm³/mol. The second kappa shape index (κ2) is 8.50. The first-order valence-electron chi connectivity index (χ1n) is 5.85. The molecule has 0 bridgehead atoms. The molecule has 0 saturated carbocycles. The van der Waals surface area contributed by atoms with Crippen LogP contribution < -0.4 is 11.5 Å². The van der Waals surface area contributed by atoms with E-state index in [1.54, 1.807) is 6.92 Å². The lowest BCUT2D eigenvalue weighted by Crippen LogP contribution is -2.42. The van der Waals surface area contributed by atoms with Gasteiger partial charge in [0.2, 0.25) is 11.8 Å². The second-order valence-electron chi connectivity index (χ2n) is 4.28. The minimum Gasteiger partial charge on any atom is -0.368 e. The first-order valence-corrected chi connectivity index (χ1v) is 5.85. The second-order valence-corrected chi connectivity index (χ2v) is 4.28. The zero-order valence-electron chi connectivity index (χ0n) is 10.9.